The van der Waals surface area contributed by atoms with Crippen LogP contribution in [0.25, 0.3) is 0 Å². The summed E-state index contributed by atoms with van der Waals surface area (Å²) in [4.78, 5) is 0. The Labute approximate surface area is 119 Å². The first kappa shape index (κ1) is 14.8. The van der Waals surface area contributed by atoms with E-state index in [0.717, 1.165) is 37.9 Å². The Bertz CT molecular complexity index is 407. The van der Waals surface area contributed by atoms with Crippen molar-refractivity contribution < 1.29 is 9.13 Å². The van der Waals surface area contributed by atoms with Crippen LogP contribution in [0.15, 0.2) is 18.2 Å². The van der Waals surface area contributed by atoms with Gasteiger partial charge in [0.1, 0.15) is 5.82 Å². The van der Waals surface area contributed by atoms with Crippen molar-refractivity contribution in [2.24, 2.45) is 0 Å². The largest absolute Gasteiger partial charge is 0.378 e. The van der Waals surface area contributed by atoms with Crippen LogP contribution >= 0.6 is 11.6 Å². The third kappa shape index (κ3) is 4.16. The van der Waals surface area contributed by atoms with Gasteiger partial charge in [-0.2, -0.15) is 0 Å². The van der Waals surface area contributed by atoms with E-state index >= 15 is 0 Å². The van der Waals surface area contributed by atoms with Crippen LogP contribution in [0.5, 0.6) is 0 Å². The second-order valence-corrected chi connectivity index (χ2v) is 5.49. The number of benzene rings is 1. The quantitative estimate of drug-likeness (QED) is 0.863. The Morgan fingerprint density at radius 3 is 3.05 bits per heavy atom. The summed E-state index contributed by atoms with van der Waals surface area (Å²) in [6, 6.07) is 5.31. The zero-order chi connectivity index (χ0) is 13.7. The normalized spacial score (nSPS) is 20.7. The van der Waals surface area contributed by atoms with Crippen molar-refractivity contribution in [2.75, 3.05) is 13.7 Å². The van der Waals surface area contributed by atoms with E-state index in [4.69, 9.17) is 16.3 Å². The molecular formula is C15H21ClFNO. The van der Waals surface area contributed by atoms with Crippen molar-refractivity contribution in [2.45, 2.75) is 44.2 Å². The summed E-state index contributed by atoms with van der Waals surface area (Å²) in [5.74, 6) is -0.340. The molecule has 1 aromatic carbocycles. The van der Waals surface area contributed by atoms with Gasteiger partial charge in [-0.3, -0.25) is 0 Å². The topological polar surface area (TPSA) is 21.3 Å². The summed E-state index contributed by atoms with van der Waals surface area (Å²) in [6.07, 6.45) is 5.56. The molecule has 106 valence electrons. The molecule has 1 saturated heterocycles. The molecule has 1 aliphatic heterocycles. The lowest BCUT2D eigenvalue weighted by Crippen LogP contribution is -2.29. The number of hydrogen-bond donors (Lipinski definition) is 1. The summed E-state index contributed by atoms with van der Waals surface area (Å²) in [6.45, 7) is 0.893. The van der Waals surface area contributed by atoms with Crippen LogP contribution in [0, 0.1) is 5.82 Å². The van der Waals surface area contributed by atoms with Crippen molar-refractivity contribution in [1.82, 2.24) is 5.32 Å². The van der Waals surface area contributed by atoms with E-state index in [9.17, 15) is 4.39 Å². The van der Waals surface area contributed by atoms with Crippen molar-refractivity contribution in [3.05, 3.63) is 34.6 Å². The van der Waals surface area contributed by atoms with Gasteiger partial charge in [0.25, 0.3) is 0 Å². The molecule has 0 amide bonds. The highest BCUT2D eigenvalue weighted by atomic mass is 35.5. The van der Waals surface area contributed by atoms with E-state index < -0.39 is 0 Å². The molecule has 1 aliphatic rings. The van der Waals surface area contributed by atoms with E-state index in [1.807, 2.05) is 13.1 Å². The van der Waals surface area contributed by atoms with E-state index in [2.05, 4.69) is 5.32 Å². The molecule has 0 radical (unpaired) electrons. The van der Waals surface area contributed by atoms with Gasteiger partial charge in [-0.05, 0) is 50.8 Å². The standard InChI is InChI=1S/C15H21ClFNO/c1-18-12(7-8-13-5-3-9-19-13)10-11-4-2-6-14(17)15(11)16/h2,4,6,12-13,18H,3,5,7-10H2,1H3. The van der Waals surface area contributed by atoms with Gasteiger partial charge in [-0.1, -0.05) is 23.7 Å². The van der Waals surface area contributed by atoms with Crippen LogP contribution in [0.1, 0.15) is 31.2 Å². The minimum atomic E-state index is -0.340. The number of hydrogen-bond acceptors (Lipinski definition) is 2. The minimum Gasteiger partial charge on any atom is -0.378 e. The molecule has 0 aromatic heterocycles. The van der Waals surface area contributed by atoms with Crippen molar-refractivity contribution in [3.63, 3.8) is 0 Å². The molecule has 19 heavy (non-hydrogen) atoms. The van der Waals surface area contributed by atoms with Gasteiger partial charge in [-0.25, -0.2) is 4.39 Å². The molecule has 0 aliphatic carbocycles. The molecule has 0 bridgehead atoms. The van der Waals surface area contributed by atoms with Crippen molar-refractivity contribution >= 4 is 11.6 Å². The van der Waals surface area contributed by atoms with E-state index in [0.29, 0.717) is 12.1 Å². The highest BCUT2D eigenvalue weighted by Gasteiger charge is 2.18. The van der Waals surface area contributed by atoms with Crippen LogP contribution in [0.3, 0.4) is 0 Å². The fraction of sp³-hybridized carbons (Fsp3) is 0.600. The highest BCUT2D eigenvalue weighted by molar-refractivity contribution is 6.31. The molecule has 2 unspecified atom stereocenters. The molecule has 2 atom stereocenters. The Kier molecular flexibility index (Phi) is 5.61. The Balaban J connectivity index is 1.88. The van der Waals surface area contributed by atoms with Crippen molar-refractivity contribution in [1.29, 1.82) is 0 Å². The molecule has 0 spiro atoms. The second kappa shape index (κ2) is 7.22. The van der Waals surface area contributed by atoms with E-state index in [1.165, 1.54) is 12.5 Å². The fourth-order valence-corrected chi connectivity index (χ4v) is 2.78. The molecule has 1 heterocycles. The molecule has 1 fully saturated rings. The predicted molar refractivity (Wildman–Crippen MR) is 76.2 cm³/mol. The highest BCUT2D eigenvalue weighted by Crippen LogP contribution is 2.23. The summed E-state index contributed by atoms with van der Waals surface area (Å²) in [5.41, 5.74) is 0.869. The summed E-state index contributed by atoms with van der Waals surface area (Å²) in [7, 11) is 1.94. The molecule has 1 N–H and O–H groups in total. The van der Waals surface area contributed by atoms with Gasteiger partial charge >= 0.3 is 0 Å². The van der Waals surface area contributed by atoms with Gasteiger partial charge in [0, 0.05) is 12.6 Å². The molecule has 0 saturated carbocycles. The molecule has 4 heteroatoms. The van der Waals surface area contributed by atoms with E-state index in [-0.39, 0.29) is 10.8 Å². The predicted octanol–water partition coefficient (Wildman–Crippen LogP) is 3.57. The van der Waals surface area contributed by atoms with Gasteiger partial charge in [-0.15, -0.1) is 0 Å². The molecule has 1 aromatic rings. The zero-order valence-corrected chi connectivity index (χ0v) is 12.0. The maximum absolute atomic E-state index is 13.4. The van der Waals surface area contributed by atoms with Crippen LogP contribution in [0.4, 0.5) is 4.39 Å². The second-order valence-electron chi connectivity index (χ2n) is 5.12. The number of ether oxygens (including phenoxy) is 1. The van der Waals surface area contributed by atoms with Crippen LogP contribution in [0.2, 0.25) is 5.02 Å². The molecule has 2 nitrogen and oxygen atoms in total. The van der Waals surface area contributed by atoms with Crippen LogP contribution < -0.4 is 5.32 Å². The number of rotatable bonds is 6. The summed E-state index contributed by atoms with van der Waals surface area (Å²) < 4.78 is 19.0. The minimum absolute atomic E-state index is 0.250. The zero-order valence-electron chi connectivity index (χ0n) is 11.3. The van der Waals surface area contributed by atoms with Gasteiger partial charge in [0.15, 0.2) is 0 Å². The third-order valence-corrected chi connectivity index (χ3v) is 4.19. The summed E-state index contributed by atoms with van der Waals surface area (Å²) >= 11 is 5.99. The molecule has 2 rings (SSSR count). The first-order chi connectivity index (χ1) is 9.20. The lowest BCUT2D eigenvalue weighted by Gasteiger charge is -2.19. The SMILES string of the molecule is CNC(CCC1CCCO1)Cc1cccc(F)c1Cl. The Hall–Kier alpha value is -0.640. The number of halogens is 2. The van der Waals surface area contributed by atoms with Gasteiger partial charge < -0.3 is 10.1 Å². The van der Waals surface area contributed by atoms with Gasteiger partial charge in [0.05, 0.1) is 11.1 Å². The maximum Gasteiger partial charge on any atom is 0.142 e. The monoisotopic (exact) mass is 285 g/mol. The Morgan fingerprint density at radius 2 is 2.37 bits per heavy atom. The van der Waals surface area contributed by atoms with Gasteiger partial charge in [0.2, 0.25) is 0 Å². The number of likely N-dealkylation sites (N-methyl/N-ethyl adjacent to an activating group) is 1. The average Bonchev–Trinajstić information content (AvgIpc) is 2.92. The first-order valence-electron chi connectivity index (χ1n) is 6.92. The third-order valence-electron chi connectivity index (χ3n) is 3.77. The maximum atomic E-state index is 13.4. The number of nitrogens with one attached hydrogen (secondary N) is 1. The first-order valence-corrected chi connectivity index (χ1v) is 7.30. The van der Waals surface area contributed by atoms with E-state index in [1.54, 1.807) is 6.07 Å². The summed E-state index contributed by atoms with van der Waals surface area (Å²) in [5, 5.41) is 3.53. The smallest absolute Gasteiger partial charge is 0.142 e. The lowest BCUT2D eigenvalue weighted by molar-refractivity contribution is 0.0998. The fourth-order valence-electron chi connectivity index (χ4n) is 2.58. The average molecular weight is 286 g/mol. The van der Waals surface area contributed by atoms with Crippen molar-refractivity contribution in [3.8, 4) is 0 Å². The lowest BCUT2D eigenvalue weighted by atomic mass is 9.99. The molecular weight excluding hydrogens is 265 g/mol. The van der Waals surface area contributed by atoms with Crippen LogP contribution in [-0.2, 0) is 11.2 Å². The Morgan fingerprint density at radius 1 is 1.53 bits per heavy atom. The van der Waals surface area contributed by atoms with Crippen LogP contribution in [-0.4, -0.2) is 25.8 Å².